The Balaban J connectivity index is 2.17. The minimum atomic E-state index is -0.0884. The molecule has 5 heteroatoms. The van der Waals surface area contributed by atoms with Crippen molar-refractivity contribution < 1.29 is 14.3 Å². The number of fused-ring (bicyclic) bond motifs is 1. The van der Waals surface area contributed by atoms with Crippen molar-refractivity contribution in [3.05, 3.63) is 18.2 Å². The maximum atomic E-state index is 11.2. The molecule has 1 N–H and O–H groups in total. The number of anilines is 1. The Hall–Kier alpha value is -1.23. The largest absolute Gasteiger partial charge is 0.490 e. The average molecular weight is 286 g/mol. The van der Waals surface area contributed by atoms with Crippen molar-refractivity contribution in [3.63, 3.8) is 0 Å². The van der Waals surface area contributed by atoms with Gasteiger partial charge in [-0.15, -0.1) is 0 Å². The topological polar surface area (TPSA) is 47.6 Å². The number of nitrogens with one attached hydrogen (secondary N) is 1. The smallest absolute Gasteiger partial charge is 0.235 e. The van der Waals surface area contributed by atoms with Gasteiger partial charge in [0.2, 0.25) is 5.91 Å². The van der Waals surface area contributed by atoms with Crippen molar-refractivity contribution >= 4 is 27.5 Å². The zero-order chi connectivity index (χ0) is 11.4. The van der Waals surface area contributed by atoms with E-state index in [0.29, 0.717) is 24.7 Å². The molecule has 16 heavy (non-hydrogen) atoms. The van der Waals surface area contributed by atoms with E-state index in [1.54, 1.807) is 12.1 Å². The van der Waals surface area contributed by atoms with E-state index in [9.17, 15) is 4.79 Å². The molecule has 1 aliphatic rings. The number of alkyl halides is 1. The summed E-state index contributed by atoms with van der Waals surface area (Å²) in [5.74, 6) is 1.33. The van der Waals surface area contributed by atoms with Crippen molar-refractivity contribution in [1.82, 2.24) is 0 Å². The Labute approximate surface area is 102 Å². The lowest BCUT2D eigenvalue weighted by Crippen LogP contribution is -2.12. The number of carbonyl (C=O) groups is 1. The summed E-state index contributed by atoms with van der Waals surface area (Å²) in [4.78, 5) is 11.2. The lowest BCUT2D eigenvalue weighted by molar-refractivity contribution is -0.113. The Morgan fingerprint density at radius 2 is 2.06 bits per heavy atom. The van der Waals surface area contributed by atoms with Gasteiger partial charge < -0.3 is 14.8 Å². The number of hydrogen-bond acceptors (Lipinski definition) is 3. The standard InChI is InChI=1S/C11H12BrNO3/c12-7-11(14)13-8-2-3-9-10(6-8)16-5-1-4-15-9/h2-3,6H,1,4-5,7H2,(H,13,14). The minimum Gasteiger partial charge on any atom is -0.490 e. The zero-order valence-electron chi connectivity index (χ0n) is 8.66. The van der Waals surface area contributed by atoms with Crippen molar-refractivity contribution in [2.75, 3.05) is 23.9 Å². The molecular formula is C11H12BrNO3. The number of rotatable bonds is 2. The zero-order valence-corrected chi connectivity index (χ0v) is 10.2. The monoisotopic (exact) mass is 285 g/mol. The summed E-state index contributed by atoms with van der Waals surface area (Å²) in [6.07, 6.45) is 0.873. The quantitative estimate of drug-likeness (QED) is 0.848. The Kier molecular flexibility index (Phi) is 3.66. The Bertz CT molecular complexity index is 395. The van der Waals surface area contributed by atoms with E-state index in [1.165, 1.54) is 0 Å². The van der Waals surface area contributed by atoms with Gasteiger partial charge in [0.25, 0.3) is 0 Å². The highest BCUT2D eigenvalue weighted by molar-refractivity contribution is 9.09. The van der Waals surface area contributed by atoms with E-state index in [1.807, 2.05) is 6.07 Å². The van der Waals surface area contributed by atoms with Crippen LogP contribution in [-0.4, -0.2) is 24.5 Å². The highest BCUT2D eigenvalue weighted by Gasteiger charge is 2.11. The van der Waals surface area contributed by atoms with Crippen LogP contribution in [0.1, 0.15) is 6.42 Å². The molecule has 0 aliphatic carbocycles. The fourth-order valence-corrected chi connectivity index (χ4v) is 1.58. The number of hydrogen-bond donors (Lipinski definition) is 1. The van der Waals surface area contributed by atoms with Crippen LogP contribution < -0.4 is 14.8 Å². The molecule has 1 aromatic carbocycles. The van der Waals surface area contributed by atoms with Crippen LogP contribution in [0.5, 0.6) is 11.5 Å². The van der Waals surface area contributed by atoms with E-state index in [4.69, 9.17) is 9.47 Å². The molecule has 0 saturated carbocycles. The van der Waals surface area contributed by atoms with Gasteiger partial charge in [-0.2, -0.15) is 0 Å². The van der Waals surface area contributed by atoms with E-state index in [2.05, 4.69) is 21.2 Å². The molecule has 1 heterocycles. The fraction of sp³-hybridized carbons (Fsp3) is 0.364. The summed E-state index contributed by atoms with van der Waals surface area (Å²) >= 11 is 3.09. The predicted octanol–water partition coefficient (Wildman–Crippen LogP) is 2.18. The minimum absolute atomic E-state index is 0.0884. The van der Waals surface area contributed by atoms with Gasteiger partial charge in [-0.25, -0.2) is 0 Å². The molecule has 0 aromatic heterocycles. The van der Waals surface area contributed by atoms with Crippen LogP contribution in [0.4, 0.5) is 5.69 Å². The van der Waals surface area contributed by atoms with Gasteiger partial charge in [0.15, 0.2) is 11.5 Å². The molecule has 2 rings (SSSR count). The van der Waals surface area contributed by atoms with Crippen LogP contribution in [0, 0.1) is 0 Å². The maximum Gasteiger partial charge on any atom is 0.235 e. The second-order valence-corrected chi connectivity index (χ2v) is 3.95. The lowest BCUT2D eigenvalue weighted by atomic mass is 10.2. The first kappa shape index (κ1) is 11.3. The van der Waals surface area contributed by atoms with Crippen molar-refractivity contribution in [2.24, 2.45) is 0 Å². The number of benzene rings is 1. The molecule has 1 aromatic rings. The van der Waals surface area contributed by atoms with Crippen LogP contribution in [0.2, 0.25) is 0 Å². The molecule has 0 fully saturated rings. The molecule has 0 atom stereocenters. The van der Waals surface area contributed by atoms with Crippen LogP contribution in [0.3, 0.4) is 0 Å². The van der Waals surface area contributed by atoms with E-state index in [-0.39, 0.29) is 11.2 Å². The molecule has 86 valence electrons. The van der Waals surface area contributed by atoms with Crippen molar-refractivity contribution in [1.29, 1.82) is 0 Å². The number of amides is 1. The molecular weight excluding hydrogens is 274 g/mol. The number of halogens is 1. The lowest BCUT2D eigenvalue weighted by Gasteiger charge is -2.09. The first-order valence-electron chi connectivity index (χ1n) is 5.05. The average Bonchev–Trinajstić information content (AvgIpc) is 2.53. The van der Waals surface area contributed by atoms with Crippen LogP contribution in [0.25, 0.3) is 0 Å². The van der Waals surface area contributed by atoms with Crippen LogP contribution in [0.15, 0.2) is 18.2 Å². The fourth-order valence-electron chi connectivity index (χ4n) is 1.44. The summed E-state index contributed by atoms with van der Waals surface area (Å²) < 4.78 is 11.0. The summed E-state index contributed by atoms with van der Waals surface area (Å²) in [7, 11) is 0. The Morgan fingerprint density at radius 3 is 2.81 bits per heavy atom. The van der Waals surface area contributed by atoms with Crippen molar-refractivity contribution in [3.8, 4) is 11.5 Å². The van der Waals surface area contributed by atoms with Gasteiger partial charge in [0.05, 0.1) is 18.5 Å². The van der Waals surface area contributed by atoms with Gasteiger partial charge in [-0.05, 0) is 12.1 Å². The van der Waals surface area contributed by atoms with Gasteiger partial charge in [-0.3, -0.25) is 4.79 Å². The molecule has 0 radical (unpaired) electrons. The van der Waals surface area contributed by atoms with Gasteiger partial charge in [-0.1, -0.05) is 15.9 Å². The first-order valence-corrected chi connectivity index (χ1v) is 6.17. The summed E-state index contributed by atoms with van der Waals surface area (Å²) in [5.41, 5.74) is 0.716. The number of carbonyl (C=O) groups excluding carboxylic acids is 1. The molecule has 1 aliphatic heterocycles. The molecule has 0 bridgehead atoms. The number of ether oxygens (including phenoxy) is 2. The first-order chi connectivity index (χ1) is 7.79. The third-order valence-corrected chi connectivity index (χ3v) is 2.66. The molecule has 0 unspecified atom stereocenters. The second kappa shape index (κ2) is 5.21. The highest BCUT2D eigenvalue weighted by Crippen LogP contribution is 2.32. The Morgan fingerprint density at radius 1 is 1.31 bits per heavy atom. The third-order valence-electron chi connectivity index (χ3n) is 2.15. The predicted molar refractivity (Wildman–Crippen MR) is 64.5 cm³/mol. The van der Waals surface area contributed by atoms with E-state index < -0.39 is 0 Å². The SMILES string of the molecule is O=C(CBr)Nc1ccc2c(c1)OCCCO2. The molecule has 0 saturated heterocycles. The molecule has 1 amide bonds. The maximum absolute atomic E-state index is 11.2. The van der Waals surface area contributed by atoms with Crippen LogP contribution in [-0.2, 0) is 4.79 Å². The van der Waals surface area contributed by atoms with Gasteiger partial charge in [0, 0.05) is 18.2 Å². The normalized spacial score (nSPS) is 14.1. The van der Waals surface area contributed by atoms with Gasteiger partial charge >= 0.3 is 0 Å². The van der Waals surface area contributed by atoms with Gasteiger partial charge in [0.1, 0.15) is 0 Å². The van der Waals surface area contributed by atoms with E-state index in [0.717, 1.165) is 12.2 Å². The molecule has 0 spiro atoms. The molecule has 4 nitrogen and oxygen atoms in total. The summed E-state index contributed by atoms with van der Waals surface area (Å²) in [6.45, 7) is 1.31. The second-order valence-electron chi connectivity index (χ2n) is 3.39. The highest BCUT2D eigenvalue weighted by atomic mass is 79.9. The van der Waals surface area contributed by atoms with Crippen LogP contribution >= 0.6 is 15.9 Å². The summed E-state index contributed by atoms with van der Waals surface area (Å²) in [5, 5.41) is 3.02. The summed E-state index contributed by atoms with van der Waals surface area (Å²) in [6, 6.07) is 5.39. The van der Waals surface area contributed by atoms with Crippen molar-refractivity contribution in [2.45, 2.75) is 6.42 Å². The third kappa shape index (κ3) is 2.66. The van der Waals surface area contributed by atoms with E-state index >= 15 is 0 Å².